The average molecular weight is 414 g/mol. The highest BCUT2D eigenvalue weighted by Gasteiger charge is 2.29. The maximum Gasteiger partial charge on any atom is 0.255 e. The van der Waals surface area contributed by atoms with Gasteiger partial charge in [0.2, 0.25) is 0 Å². The molecule has 1 aliphatic rings. The molecule has 0 spiro atoms. The van der Waals surface area contributed by atoms with Crippen molar-refractivity contribution in [1.29, 1.82) is 0 Å². The molecule has 1 aliphatic heterocycles. The number of pyridine rings is 1. The number of nitrogens with zero attached hydrogens (tertiary/aromatic N) is 2. The molecule has 1 N–H and O–H groups in total. The molecule has 1 aromatic carbocycles. The first-order valence-corrected chi connectivity index (χ1v) is 10.6. The van der Waals surface area contributed by atoms with E-state index >= 15 is 0 Å². The third-order valence-electron chi connectivity index (χ3n) is 5.57. The molecule has 3 rings (SSSR count). The third kappa shape index (κ3) is 4.96. The lowest BCUT2D eigenvalue weighted by molar-refractivity contribution is 0.0710. The summed E-state index contributed by atoms with van der Waals surface area (Å²) in [6, 6.07) is 11.0. The van der Waals surface area contributed by atoms with Crippen LogP contribution in [0.15, 0.2) is 36.4 Å². The average Bonchev–Trinajstić information content (AvgIpc) is 2.73. The molecular weight excluding hydrogens is 386 g/mol. The van der Waals surface area contributed by atoms with Gasteiger partial charge in [0.25, 0.3) is 11.8 Å². The Kier molecular flexibility index (Phi) is 6.91. The van der Waals surface area contributed by atoms with Gasteiger partial charge in [0.1, 0.15) is 0 Å². The Hall–Kier alpha value is -2.40. The summed E-state index contributed by atoms with van der Waals surface area (Å²) < 4.78 is 0. The first-order valence-electron chi connectivity index (χ1n) is 10.2. The smallest absolute Gasteiger partial charge is 0.255 e. The Morgan fingerprint density at radius 2 is 1.86 bits per heavy atom. The molecule has 0 radical (unpaired) electrons. The van der Waals surface area contributed by atoms with Gasteiger partial charge in [-0.2, -0.15) is 0 Å². The predicted molar refractivity (Wildman–Crippen MR) is 116 cm³/mol. The molecule has 154 valence electrons. The molecule has 1 aromatic heterocycles. The Morgan fingerprint density at radius 3 is 2.52 bits per heavy atom. The Morgan fingerprint density at radius 1 is 1.17 bits per heavy atom. The molecule has 2 amide bonds. The lowest BCUT2D eigenvalue weighted by atomic mass is 9.89. The third-order valence-corrected chi connectivity index (χ3v) is 5.90. The van der Waals surface area contributed by atoms with Gasteiger partial charge in [-0.25, -0.2) is 0 Å². The zero-order valence-electron chi connectivity index (χ0n) is 17.2. The van der Waals surface area contributed by atoms with E-state index in [1.807, 2.05) is 49.9 Å². The SMILES string of the molecule is CC[C@@H](C)NC(=O)c1ccc(C)nc1C1CCN(C(=O)c2ccccc2Cl)CC1. The molecule has 1 atom stereocenters. The van der Waals surface area contributed by atoms with Gasteiger partial charge in [-0.05, 0) is 57.4 Å². The van der Waals surface area contributed by atoms with Crippen LogP contribution in [0.3, 0.4) is 0 Å². The standard InChI is InChI=1S/C23H28ClN3O2/c1-4-15(2)26-22(28)19-10-9-16(3)25-21(19)17-11-13-27(14-12-17)23(29)18-7-5-6-8-20(18)24/h5-10,15,17H,4,11-14H2,1-3H3,(H,26,28)/t15-/m1/s1. The number of aryl methyl sites for hydroxylation is 1. The number of amides is 2. The molecular formula is C23H28ClN3O2. The second kappa shape index (κ2) is 9.40. The normalized spacial score (nSPS) is 15.8. The van der Waals surface area contributed by atoms with E-state index in [9.17, 15) is 9.59 Å². The second-order valence-corrected chi connectivity index (χ2v) is 8.12. The summed E-state index contributed by atoms with van der Waals surface area (Å²) in [5.74, 6) is 0.0419. The van der Waals surface area contributed by atoms with Crippen molar-refractivity contribution in [1.82, 2.24) is 15.2 Å². The Balaban J connectivity index is 1.74. The zero-order valence-corrected chi connectivity index (χ0v) is 18.0. The largest absolute Gasteiger partial charge is 0.350 e. The van der Waals surface area contributed by atoms with Crippen LogP contribution in [0.25, 0.3) is 0 Å². The number of hydrogen-bond acceptors (Lipinski definition) is 3. The van der Waals surface area contributed by atoms with Crippen LogP contribution in [-0.2, 0) is 0 Å². The molecule has 1 saturated heterocycles. The molecule has 0 saturated carbocycles. The molecule has 2 heterocycles. The van der Waals surface area contributed by atoms with Crippen LogP contribution in [-0.4, -0.2) is 40.8 Å². The maximum atomic E-state index is 12.8. The van der Waals surface area contributed by atoms with Crippen LogP contribution < -0.4 is 5.32 Å². The summed E-state index contributed by atoms with van der Waals surface area (Å²) >= 11 is 6.19. The molecule has 6 heteroatoms. The summed E-state index contributed by atoms with van der Waals surface area (Å²) in [7, 11) is 0. The van der Waals surface area contributed by atoms with Crippen molar-refractivity contribution in [2.75, 3.05) is 13.1 Å². The number of nitrogens with one attached hydrogen (secondary N) is 1. The minimum atomic E-state index is -0.0728. The number of halogens is 1. The van der Waals surface area contributed by atoms with E-state index in [4.69, 9.17) is 16.6 Å². The van der Waals surface area contributed by atoms with Gasteiger partial charge in [-0.3, -0.25) is 14.6 Å². The Labute approximate surface area is 177 Å². The number of aromatic nitrogens is 1. The van der Waals surface area contributed by atoms with Crippen molar-refractivity contribution in [3.05, 3.63) is 63.9 Å². The van der Waals surface area contributed by atoms with Crippen molar-refractivity contribution in [2.24, 2.45) is 0 Å². The van der Waals surface area contributed by atoms with Crippen molar-refractivity contribution in [2.45, 2.75) is 52.0 Å². The number of benzene rings is 1. The van der Waals surface area contributed by atoms with Crippen molar-refractivity contribution in [3.8, 4) is 0 Å². The quantitative estimate of drug-likeness (QED) is 0.779. The van der Waals surface area contributed by atoms with Crippen molar-refractivity contribution < 1.29 is 9.59 Å². The summed E-state index contributed by atoms with van der Waals surface area (Å²) in [4.78, 5) is 32.1. The molecule has 0 aliphatic carbocycles. The van der Waals surface area contributed by atoms with Crippen LogP contribution >= 0.6 is 11.6 Å². The van der Waals surface area contributed by atoms with E-state index in [-0.39, 0.29) is 23.8 Å². The first kappa shape index (κ1) is 21.3. The van der Waals surface area contributed by atoms with E-state index in [1.165, 1.54) is 0 Å². The first-order chi connectivity index (χ1) is 13.9. The van der Waals surface area contributed by atoms with E-state index in [1.54, 1.807) is 12.1 Å². The van der Waals surface area contributed by atoms with Gasteiger partial charge in [0.15, 0.2) is 0 Å². The summed E-state index contributed by atoms with van der Waals surface area (Å²) in [5.41, 5.74) is 2.92. The number of carbonyl (C=O) groups is 2. The van der Waals surface area contributed by atoms with Gasteiger partial charge in [-0.15, -0.1) is 0 Å². The van der Waals surface area contributed by atoms with Crippen LogP contribution in [0.2, 0.25) is 5.02 Å². The molecule has 29 heavy (non-hydrogen) atoms. The predicted octanol–water partition coefficient (Wildman–Crippen LogP) is 4.59. The van der Waals surface area contributed by atoms with Gasteiger partial charge in [-0.1, -0.05) is 30.7 Å². The molecule has 1 fully saturated rings. The number of likely N-dealkylation sites (tertiary alicyclic amines) is 1. The van der Waals surface area contributed by atoms with E-state index < -0.39 is 0 Å². The number of carbonyl (C=O) groups excluding carboxylic acids is 2. The highest BCUT2D eigenvalue weighted by Crippen LogP contribution is 2.30. The fourth-order valence-corrected chi connectivity index (χ4v) is 3.86. The fourth-order valence-electron chi connectivity index (χ4n) is 3.64. The van der Waals surface area contributed by atoms with Crippen LogP contribution in [0.1, 0.15) is 71.1 Å². The lowest BCUT2D eigenvalue weighted by Crippen LogP contribution is -2.39. The van der Waals surface area contributed by atoms with Crippen LogP contribution in [0.5, 0.6) is 0 Å². The van der Waals surface area contributed by atoms with Gasteiger partial charge in [0.05, 0.1) is 21.8 Å². The highest BCUT2D eigenvalue weighted by molar-refractivity contribution is 6.33. The van der Waals surface area contributed by atoms with Crippen LogP contribution in [0, 0.1) is 6.92 Å². The minimum absolute atomic E-state index is 0.0408. The number of piperidine rings is 1. The molecule has 0 bridgehead atoms. The van der Waals surface area contributed by atoms with E-state index in [0.29, 0.717) is 29.2 Å². The number of rotatable bonds is 5. The lowest BCUT2D eigenvalue weighted by Gasteiger charge is -2.32. The summed E-state index contributed by atoms with van der Waals surface area (Å²) in [6.07, 6.45) is 2.43. The van der Waals surface area contributed by atoms with E-state index in [2.05, 4.69) is 5.32 Å². The van der Waals surface area contributed by atoms with E-state index in [0.717, 1.165) is 30.7 Å². The van der Waals surface area contributed by atoms with Crippen molar-refractivity contribution >= 4 is 23.4 Å². The molecule has 2 aromatic rings. The summed E-state index contributed by atoms with van der Waals surface area (Å²) in [5, 5.41) is 3.52. The zero-order chi connectivity index (χ0) is 21.0. The molecule has 0 unspecified atom stereocenters. The topological polar surface area (TPSA) is 62.3 Å². The summed E-state index contributed by atoms with van der Waals surface area (Å²) in [6.45, 7) is 7.23. The second-order valence-electron chi connectivity index (χ2n) is 7.71. The van der Waals surface area contributed by atoms with Gasteiger partial charge < -0.3 is 10.2 Å². The Bertz CT molecular complexity index is 891. The monoisotopic (exact) mass is 413 g/mol. The van der Waals surface area contributed by atoms with Crippen LogP contribution in [0.4, 0.5) is 0 Å². The highest BCUT2D eigenvalue weighted by atomic mass is 35.5. The molecule has 5 nitrogen and oxygen atoms in total. The minimum Gasteiger partial charge on any atom is -0.350 e. The maximum absolute atomic E-state index is 12.8. The van der Waals surface area contributed by atoms with Gasteiger partial charge >= 0.3 is 0 Å². The fraction of sp³-hybridized carbons (Fsp3) is 0.435. The van der Waals surface area contributed by atoms with Gasteiger partial charge in [0, 0.05) is 30.7 Å². The van der Waals surface area contributed by atoms with Crippen molar-refractivity contribution in [3.63, 3.8) is 0 Å². The number of hydrogen-bond donors (Lipinski definition) is 1.